The minimum absolute atomic E-state index is 0.428. The lowest BCUT2D eigenvalue weighted by Crippen LogP contribution is -2.14. The minimum Gasteiger partial charge on any atom is -0.360 e. The van der Waals surface area contributed by atoms with Gasteiger partial charge in [0.2, 0.25) is 0 Å². The van der Waals surface area contributed by atoms with Crippen molar-refractivity contribution in [1.29, 1.82) is 0 Å². The standard InChI is InChI=1S/C24H24N4/c1-16-5-2-7-23(28-16)24-18(6-3-13-27-24)17-9-10-22-20(15-17)19(11-14-26-22)21-8-4-12-25-21/h2-3,5,7,9-11,13-15,21,25,27H,4,6,8,12H2,1H3. The van der Waals surface area contributed by atoms with Gasteiger partial charge in [0.25, 0.3) is 0 Å². The van der Waals surface area contributed by atoms with Crippen LogP contribution >= 0.6 is 0 Å². The van der Waals surface area contributed by atoms with E-state index in [1.165, 1.54) is 34.9 Å². The number of aromatic nitrogens is 2. The molecule has 0 radical (unpaired) electrons. The number of allylic oxidation sites excluding steroid dienone is 2. The third-order valence-electron chi connectivity index (χ3n) is 5.67. The molecule has 5 rings (SSSR count). The van der Waals surface area contributed by atoms with Gasteiger partial charge < -0.3 is 10.6 Å². The second-order valence-corrected chi connectivity index (χ2v) is 7.55. The molecule has 1 unspecified atom stereocenters. The summed E-state index contributed by atoms with van der Waals surface area (Å²) < 4.78 is 0. The number of aryl methyl sites for hydroxylation is 1. The second-order valence-electron chi connectivity index (χ2n) is 7.55. The largest absolute Gasteiger partial charge is 0.360 e. The summed E-state index contributed by atoms with van der Waals surface area (Å²) in [5.41, 5.74) is 8.03. The molecule has 2 aromatic heterocycles. The fraction of sp³-hybridized carbons (Fsp3) is 0.250. The van der Waals surface area contributed by atoms with Crippen molar-refractivity contribution in [3.8, 4) is 0 Å². The van der Waals surface area contributed by atoms with Crippen LogP contribution in [0, 0.1) is 6.92 Å². The van der Waals surface area contributed by atoms with Gasteiger partial charge in [0.1, 0.15) is 0 Å². The average molecular weight is 368 g/mol. The fourth-order valence-corrected chi connectivity index (χ4v) is 4.29. The number of dihydropyridines is 1. The van der Waals surface area contributed by atoms with Gasteiger partial charge in [-0.2, -0.15) is 0 Å². The summed E-state index contributed by atoms with van der Waals surface area (Å²) in [5, 5.41) is 8.32. The van der Waals surface area contributed by atoms with Crippen molar-refractivity contribution in [1.82, 2.24) is 20.6 Å². The SMILES string of the molecule is Cc1cccc(C2=C(c3ccc4nccc(C5CCCN5)c4c3)CC=CN2)n1. The highest BCUT2D eigenvalue weighted by Gasteiger charge is 2.20. The molecule has 4 heterocycles. The van der Waals surface area contributed by atoms with Crippen LogP contribution in [0.15, 0.2) is 60.9 Å². The van der Waals surface area contributed by atoms with E-state index in [4.69, 9.17) is 4.98 Å². The van der Waals surface area contributed by atoms with Crippen LogP contribution in [0.1, 0.15) is 47.8 Å². The number of rotatable bonds is 3. The van der Waals surface area contributed by atoms with Crippen LogP contribution in [0.2, 0.25) is 0 Å². The third-order valence-corrected chi connectivity index (χ3v) is 5.67. The number of nitrogens with one attached hydrogen (secondary N) is 2. The van der Waals surface area contributed by atoms with Crippen molar-refractivity contribution in [2.75, 3.05) is 6.54 Å². The lowest BCUT2D eigenvalue weighted by atomic mass is 9.93. The Hall–Kier alpha value is -2.98. The van der Waals surface area contributed by atoms with Gasteiger partial charge in [-0.25, -0.2) is 0 Å². The van der Waals surface area contributed by atoms with E-state index in [9.17, 15) is 0 Å². The van der Waals surface area contributed by atoms with Crippen LogP contribution in [-0.2, 0) is 0 Å². The molecule has 1 fully saturated rings. The summed E-state index contributed by atoms with van der Waals surface area (Å²) in [5.74, 6) is 0. The molecule has 1 atom stereocenters. The van der Waals surface area contributed by atoms with Gasteiger partial charge in [-0.05, 0) is 86.0 Å². The van der Waals surface area contributed by atoms with Gasteiger partial charge in [-0.3, -0.25) is 9.97 Å². The van der Waals surface area contributed by atoms with E-state index >= 15 is 0 Å². The van der Waals surface area contributed by atoms with E-state index in [0.717, 1.165) is 35.6 Å². The molecule has 1 aromatic carbocycles. The molecule has 140 valence electrons. The van der Waals surface area contributed by atoms with Crippen LogP contribution in [0.4, 0.5) is 0 Å². The summed E-state index contributed by atoms with van der Waals surface area (Å²) in [6, 6.07) is 15.4. The summed E-state index contributed by atoms with van der Waals surface area (Å²) in [7, 11) is 0. The zero-order valence-electron chi connectivity index (χ0n) is 16.1. The number of fused-ring (bicyclic) bond motifs is 1. The average Bonchev–Trinajstić information content (AvgIpc) is 3.28. The number of hydrogen-bond donors (Lipinski definition) is 2. The monoisotopic (exact) mass is 368 g/mol. The maximum atomic E-state index is 4.74. The quantitative estimate of drug-likeness (QED) is 0.701. The summed E-state index contributed by atoms with van der Waals surface area (Å²) >= 11 is 0. The molecule has 3 aromatic rings. The Bertz CT molecular complexity index is 1090. The Labute approximate surface area is 165 Å². The Kier molecular flexibility index (Phi) is 4.41. The highest BCUT2D eigenvalue weighted by Crippen LogP contribution is 2.34. The third kappa shape index (κ3) is 3.10. The normalized spacial score (nSPS) is 19.2. The molecular weight excluding hydrogens is 344 g/mol. The van der Waals surface area contributed by atoms with Gasteiger partial charge in [0.05, 0.1) is 16.9 Å². The predicted molar refractivity (Wildman–Crippen MR) is 114 cm³/mol. The molecule has 0 spiro atoms. The number of nitrogens with zero attached hydrogens (tertiary/aromatic N) is 2. The molecular formula is C24H24N4. The van der Waals surface area contributed by atoms with Crippen molar-refractivity contribution >= 4 is 22.2 Å². The topological polar surface area (TPSA) is 49.8 Å². The molecule has 4 nitrogen and oxygen atoms in total. The fourth-order valence-electron chi connectivity index (χ4n) is 4.29. The summed E-state index contributed by atoms with van der Waals surface area (Å²) in [6.45, 7) is 3.13. The van der Waals surface area contributed by atoms with E-state index in [0.29, 0.717) is 6.04 Å². The molecule has 2 aliphatic heterocycles. The van der Waals surface area contributed by atoms with Gasteiger partial charge in [0, 0.05) is 23.3 Å². The number of benzene rings is 1. The highest BCUT2D eigenvalue weighted by atomic mass is 14.9. The van der Waals surface area contributed by atoms with Gasteiger partial charge in [-0.1, -0.05) is 18.2 Å². The Morgan fingerprint density at radius 1 is 1.11 bits per heavy atom. The van der Waals surface area contributed by atoms with E-state index < -0.39 is 0 Å². The predicted octanol–water partition coefficient (Wildman–Crippen LogP) is 4.74. The van der Waals surface area contributed by atoms with Crippen LogP contribution in [-0.4, -0.2) is 16.5 Å². The first-order valence-electron chi connectivity index (χ1n) is 10.0. The minimum atomic E-state index is 0.428. The molecule has 2 N–H and O–H groups in total. The Balaban J connectivity index is 1.65. The van der Waals surface area contributed by atoms with E-state index in [1.807, 2.05) is 25.4 Å². The summed E-state index contributed by atoms with van der Waals surface area (Å²) in [6.07, 6.45) is 9.43. The lowest BCUT2D eigenvalue weighted by Gasteiger charge is -2.20. The molecule has 4 heteroatoms. The Morgan fingerprint density at radius 2 is 2.07 bits per heavy atom. The van der Waals surface area contributed by atoms with Crippen molar-refractivity contribution in [2.45, 2.75) is 32.2 Å². The molecule has 1 saturated heterocycles. The second kappa shape index (κ2) is 7.21. The Morgan fingerprint density at radius 3 is 2.93 bits per heavy atom. The lowest BCUT2D eigenvalue weighted by molar-refractivity contribution is 0.652. The van der Waals surface area contributed by atoms with Crippen molar-refractivity contribution in [3.63, 3.8) is 0 Å². The first-order chi connectivity index (χ1) is 13.8. The van der Waals surface area contributed by atoms with Gasteiger partial charge >= 0.3 is 0 Å². The zero-order valence-corrected chi connectivity index (χ0v) is 16.1. The highest BCUT2D eigenvalue weighted by molar-refractivity contribution is 5.94. The van der Waals surface area contributed by atoms with Crippen LogP contribution in [0.3, 0.4) is 0 Å². The van der Waals surface area contributed by atoms with Gasteiger partial charge in [-0.15, -0.1) is 0 Å². The first kappa shape index (κ1) is 17.1. The van der Waals surface area contributed by atoms with Crippen LogP contribution in [0.25, 0.3) is 22.2 Å². The summed E-state index contributed by atoms with van der Waals surface area (Å²) in [4.78, 5) is 9.34. The first-order valence-corrected chi connectivity index (χ1v) is 10.0. The van der Waals surface area contributed by atoms with Crippen molar-refractivity contribution in [2.24, 2.45) is 0 Å². The maximum Gasteiger partial charge on any atom is 0.0870 e. The van der Waals surface area contributed by atoms with Gasteiger partial charge in [0.15, 0.2) is 0 Å². The molecule has 2 aliphatic rings. The maximum absolute atomic E-state index is 4.74. The van der Waals surface area contributed by atoms with E-state index in [2.05, 4.69) is 58.1 Å². The van der Waals surface area contributed by atoms with E-state index in [-0.39, 0.29) is 0 Å². The number of hydrogen-bond acceptors (Lipinski definition) is 4. The number of pyridine rings is 2. The molecule has 0 amide bonds. The zero-order chi connectivity index (χ0) is 18.9. The van der Waals surface area contributed by atoms with Crippen LogP contribution < -0.4 is 10.6 Å². The van der Waals surface area contributed by atoms with E-state index in [1.54, 1.807) is 0 Å². The molecule has 0 saturated carbocycles. The smallest absolute Gasteiger partial charge is 0.0870 e. The van der Waals surface area contributed by atoms with Crippen LogP contribution in [0.5, 0.6) is 0 Å². The van der Waals surface area contributed by atoms with Crippen molar-refractivity contribution in [3.05, 3.63) is 83.5 Å². The molecule has 0 bridgehead atoms. The molecule has 0 aliphatic carbocycles. The van der Waals surface area contributed by atoms with Crippen molar-refractivity contribution < 1.29 is 0 Å². The molecule has 28 heavy (non-hydrogen) atoms.